The van der Waals surface area contributed by atoms with E-state index in [9.17, 15) is 14.0 Å². The van der Waals surface area contributed by atoms with Crippen LogP contribution in [-0.4, -0.2) is 28.0 Å². The monoisotopic (exact) mass is 482 g/mol. The van der Waals surface area contributed by atoms with Crippen LogP contribution in [0.5, 0.6) is 5.75 Å². The van der Waals surface area contributed by atoms with Gasteiger partial charge in [-0.3, -0.25) is 14.9 Å². The second-order valence-corrected chi connectivity index (χ2v) is 9.69. The van der Waals surface area contributed by atoms with Crippen molar-refractivity contribution in [3.05, 3.63) is 70.7 Å². The molecule has 6 nitrogen and oxygen atoms in total. The number of carbonyl (C=O) groups is 2. The third kappa shape index (κ3) is 4.51. The summed E-state index contributed by atoms with van der Waals surface area (Å²) in [7, 11) is 0. The lowest BCUT2D eigenvalue weighted by molar-refractivity contribution is -0.118. The maximum absolute atomic E-state index is 13.2. The van der Waals surface area contributed by atoms with Crippen LogP contribution in [0.3, 0.4) is 0 Å². The van der Waals surface area contributed by atoms with E-state index in [1.54, 1.807) is 23.5 Å². The molecule has 0 aliphatic carbocycles. The summed E-state index contributed by atoms with van der Waals surface area (Å²) in [5.74, 6) is 1.38. The van der Waals surface area contributed by atoms with Crippen LogP contribution in [-0.2, 0) is 17.6 Å². The second kappa shape index (κ2) is 8.99. The number of halogens is 1. The molecule has 3 heterocycles. The number of imide groups is 1. The number of amides is 2. The molecule has 1 aliphatic rings. The topological polar surface area (TPSA) is 81.4 Å². The molecule has 0 radical (unpaired) electrons. The molecule has 0 bridgehead atoms. The molecule has 1 unspecified atom stereocenters. The fourth-order valence-electron chi connectivity index (χ4n) is 3.74. The number of ether oxygens (including phenoxy) is 1. The Morgan fingerprint density at radius 2 is 1.97 bits per heavy atom. The van der Waals surface area contributed by atoms with E-state index in [1.807, 2.05) is 30.5 Å². The van der Waals surface area contributed by atoms with Crippen LogP contribution >= 0.6 is 23.1 Å². The Balaban J connectivity index is 1.27. The highest BCUT2D eigenvalue weighted by atomic mass is 32.2. The zero-order valence-corrected chi connectivity index (χ0v) is 19.2. The molecule has 1 atom stereocenters. The lowest BCUT2D eigenvalue weighted by atomic mass is 10.1. The summed E-state index contributed by atoms with van der Waals surface area (Å²) >= 11 is 2.62. The Morgan fingerprint density at radius 3 is 2.73 bits per heavy atom. The number of carbonyl (C=O) groups excluding carboxylic acids is 2. The fraction of sp³-hybridized carbons (Fsp3) is 0.208. The minimum absolute atomic E-state index is 0.238. The zero-order chi connectivity index (χ0) is 22.9. The summed E-state index contributed by atoms with van der Waals surface area (Å²) in [6.45, 7) is 2.26. The van der Waals surface area contributed by atoms with Crippen LogP contribution in [0.2, 0.25) is 0 Å². The van der Waals surface area contributed by atoms with Gasteiger partial charge >= 0.3 is 0 Å². The Labute approximate surface area is 197 Å². The number of oxazole rings is 1. The number of benzene rings is 2. The highest BCUT2D eigenvalue weighted by Gasteiger charge is 2.32. The predicted octanol–water partition coefficient (Wildman–Crippen LogP) is 5.52. The van der Waals surface area contributed by atoms with Crippen molar-refractivity contribution in [1.82, 2.24) is 10.3 Å². The molecule has 168 valence electrons. The second-order valence-electron chi connectivity index (χ2n) is 7.60. The first kappa shape index (κ1) is 21.7. The maximum atomic E-state index is 13.2. The number of thiophene rings is 1. The third-order valence-electron chi connectivity index (χ3n) is 5.41. The van der Waals surface area contributed by atoms with Crippen LogP contribution in [0.25, 0.3) is 21.5 Å². The standard InChI is InChI=1S/C24H19FN2O4S2/c1-13-18(26-23(31-13)14-2-5-16(25)6-3-14)8-10-30-19-7-4-15(21-17(19)9-11-32-21)12-20-22(28)27-24(29)33-20/h2-7,9,11,20H,8,10,12H2,1H3,(H,27,28,29). The average molecular weight is 483 g/mol. The maximum Gasteiger partial charge on any atom is 0.286 e. The molecule has 2 aromatic heterocycles. The van der Waals surface area contributed by atoms with Crippen molar-refractivity contribution in [2.24, 2.45) is 0 Å². The van der Waals surface area contributed by atoms with E-state index in [2.05, 4.69) is 10.3 Å². The van der Waals surface area contributed by atoms with Gasteiger partial charge in [0.05, 0.1) is 17.6 Å². The number of aromatic nitrogens is 1. The molecule has 1 fully saturated rings. The number of hydrogen-bond acceptors (Lipinski definition) is 7. The highest BCUT2D eigenvalue weighted by molar-refractivity contribution is 8.15. The van der Waals surface area contributed by atoms with Crippen molar-refractivity contribution in [2.75, 3.05) is 6.61 Å². The van der Waals surface area contributed by atoms with Gasteiger partial charge in [-0.2, -0.15) is 0 Å². The van der Waals surface area contributed by atoms with Crippen LogP contribution in [0.1, 0.15) is 17.0 Å². The van der Waals surface area contributed by atoms with Crippen LogP contribution in [0.4, 0.5) is 9.18 Å². The van der Waals surface area contributed by atoms with Gasteiger partial charge in [0.1, 0.15) is 17.3 Å². The van der Waals surface area contributed by atoms with Crippen LogP contribution in [0.15, 0.2) is 52.3 Å². The average Bonchev–Trinajstić information content (AvgIpc) is 3.50. The predicted molar refractivity (Wildman–Crippen MR) is 126 cm³/mol. The van der Waals surface area contributed by atoms with E-state index in [1.165, 1.54) is 12.1 Å². The van der Waals surface area contributed by atoms with Crippen LogP contribution < -0.4 is 10.1 Å². The number of nitrogens with zero attached hydrogens (tertiary/aromatic N) is 1. The summed E-state index contributed by atoms with van der Waals surface area (Å²) in [6, 6.07) is 11.9. The minimum atomic E-state index is -0.403. The molecule has 1 aliphatic heterocycles. The normalized spacial score (nSPS) is 15.9. The number of rotatable bonds is 7. The van der Waals surface area contributed by atoms with Gasteiger partial charge in [-0.25, -0.2) is 9.37 Å². The van der Waals surface area contributed by atoms with Crippen molar-refractivity contribution in [1.29, 1.82) is 0 Å². The number of aryl methyl sites for hydroxylation is 1. The van der Waals surface area contributed by atoms with E-state index in [4.69, 9.17) is 9.15 Å². The molecular weight excluding hydrogens is 463 g/mol. The van der Waals surface area contributed by atoms with Crippen molar-refractivity contribution in [3.63, 3.8) is 0 Å². The Bertz CT molecular complexity index is 1350. The molecule has 2 amide bonds. The fourth-order valence-corrected chi connectivity index (χ4v) is 5.53. The molecule has 1 saturated heterocycles. The number of nitrogens with one attached hydrogen (secondary N) is 1. The van der Waals surface area contributed by atoms with Crippen molar-refractivity contribution >= 4 is 44.3 Å². The molecule has 0 saturated carbocycles. The van der Waals surface area contributed by atoms with Crippen molar-refractivity contribution in [2.45, 2.75) is 25.0 Å². The molecule has 1 N–H and O–H groups in total. The van der Waals surface area contributed by atoms with Crippen molar-refractivity contribution in [3.8, 4) is 17.2 Å². The lowest BCUT2D eigenvalue weighted by Crippen LogP contribution is -2.25. The molecule has 2 aromatic carbocycles. The molecular formula is C24H19FN2O4S2. The third-order valence-corrected chi connectivity index (χ3v) is 7.38. The van der Waals surface area contributed by atoms with Gasteiger partial charge in [-0.15, -0.1) is 11.3 Å². The Kier molecular flexibility index (Phi) is 5.90. The molecule has 5 rings (SSSR count). The van der Waals surface area contributed by atoms with Gasteiger partial charge < -0.3 is 9.15 Å². The first-order valence-electron chi connectivity index (χ1n) is 10.3. The Hall–Kier alpha value is -3.17. The molecule has 4 aromatic rings. The van der Waals surface area contributed by atoms with Gasteiger partial charge in [-0.1, -0.05) is 17.8 Å². The van der Waals surface area contributed by atoms with Gasteiger partial charge in [0, 0.05) is 22.1 Å². The smallest absolute Gasteiger partial charge is 0.286 e. The quantitative estimate of drug-likeness (QED) is 0.374. The first-order valence-corrected chi connectivity index (χ1v) is 12.1. The largest absolute Gasteiger partial charge is 0.493 e. The number of hydrogen-bond donors (Lipinski definition) is 1. The van der Waals surface area contributed by atoms with Crippen LogP contribution in [0, 0.1) is 12.7 Å². The SMILES string of the molecule is Cc1oc(-c2ccc(F)cc2)nc1CCOc1ccc(CC2SC(=O)NC2=O)c2sccc12. The van der Waals surface area contributed by atoms with E-state index in [-0.39, 0.29) is 17.0 Å². The highest BCUT2D eigenvalue weighted by Crippen LogP contribution is 2.35. The summed E-state index contributed by atoms with van der Waals surface area (Å²) in [6.07, 6.45) is 1.05. The number of thioether (sulfide) groups is 1. The van der Waals surface area contributed by atoms with Gasteiger partial charge in [0.15, 0.2) is 0 Å². The summed E-state index contributed by atoms with van der Waals surface area (Å²) < 4.78 is 26.0. The van der Waals surface area contributed by atoms with Crippen molar-refractivity contribution < 1.29 is 23.1 Å². The van der Waals surface area contributed by atoms with Gasteiger partial charge in [-0.05, 0) is 60.7 Å². The summed E-state index contributed by atoms with van der Waals surface area (Å²) in [4.78, 5) is 27.9. The first-order chi connectivity index (χ1) is 16.0. The van der Waals surface area contributed by atoms with Gasteiger partial charge in [0.25, 0.3) is 5.24 Å². The number of fused-ring (bicyclic) bond motifs is 1. The van der Waals surface area contributed by atoms with E-state index in [0.717, 1.165) is 44.4 Å². The van der Waals surface area contributed by atoms with E-state index >= 15 is 0 Å². The zero-order valence-electron chi connectivity index (χ0n) is 17.6. The minimum Gasteiger partial charge on any atom is -0.493 e. The molecule has 0 spiro atoms. The van der Waals surface area contributed by atoms with Gasteiger partial charge in [0.2, 0.25) is 11.8 Å². The summed E-state index contributed by atoms with van der Waals surface area (Å²) in [5.41, 5.74) is 2.53. The molecule has 9 heteroatoms. The molecule has 33 heavy (non-hydrogen) atoms. The lowest BCUT2D eigenvalue weighted by Gasteiger charge is -2.11. The van der Waals surface area contributed by atoms with E-state index in [0.29, 0.717) is 31.1 Å². The summed E-state index contributed by atoms with van der Waals surface area (Å²) in [5, 5.41) is 4.61. The Morgan fingerprint density at radius 1 is 1.15 bits per heavy atom. The van der Waals surface area contributed by atoms with E-state index < -0.39 is 5.25 Å².